The van der Waals surface area contributed by atoms with Crippen LogP contribution in [-0.2, 0) is 12.8 Å². The Labute approximate surface area is 243 Å². The van der Waals surface area contributed by atoms with Crippen LogP contribution in [0.5, 0.6) is 11.5 Å². The molecule has 39 heavy (non-hydrogen) atoms. The van der Waals surface area contributed by atoms with Crippen LogP contribution in [-0.4, -0.2) is 0 Å². The van der Waals surface area contributed by atoms with Crippen LogP contribution >= 0.6 is 0 Å². The van der Waals surface area contributed by atoms with Crippen molar-refractivity contribution < 1.29 is 4.74 Å². The highest BCUT2D eigenvalue weighted by atomic mass is 16.5. The van der Waals surface area contributed by atoms with Crippen molar-refractivity contribution in [3.05, 3.63) is 59.7 Å². The summed E-state index contributed by atoms with van der Waals surface area (Å²) < 4.78 is 6.54. The average Bonchev–Trinajstić information content (AvgIpc) is 2.96. The number of unbranched alkanes of at least 4 members (excludes halogenated alkanes) is 20. The van der Waals surface area contributed by atoms with Gasteiger partial charge in [0.1, 0.15) is 11.5 Å². The summed E-state index contributed by atoms with van der Waals surface area (Å²) in [5.41, 5.74) is 2.80. The van der Waals surface area contributed by atoms with E-state index in [1.54, 1.807) is 0 Å². The van der Waals surface area contributed by atoms with Crippen molar-refractivity contribution in [2.24, 2.45) is 0 Å². The van der Waals surface area contributed by atoms with E-state index in [1.165, 1.54) is 152 Å². The highest BCUT2D eigenvalue weighted by molar-refractivity contribution is 5.44. The van der Waals surface area contributed by atoms with E-state index in [-0.39, 0.29) is 0 Å². The normalized spacial score (nSPS) is 11.2. The molecule has 0 radical (unpaired) electrons. The third-order valence-corrected chi connectivity index (χ3v) is 8.24. The highest BCUT2D eigenvalue weighted by Gasteiger charge is 2.11. The predicted octanol–water partition coefficient (Wildman–Crippen LogP) is 13.2. The van der Waals surface area contributed by atoms with Gasteiger partial charge in [-0.25, -0.2) is 0 Å². The number of aryl methyl sites for hydroxylation is 2. The van der Waals surface area contributed by atoms with Crippen LogP contribution in [0.1, 0.15) is 166 Å². The lowest BCUT2D eigenvalue weighted by Gasteiger charge is -2.16. The minimum absolute atomic E-state index is 0.962. The Hall–Kier alpha value is -1.76. The number of hydrogen-bond donors (Lipinski definition) is 0. The maximum Gasteiger partial charge on any atom is 0.133 e. The zero-order valence-electron chi connectivity index (χ0n) is 26.0. The van der Waals surface area contributed by atoms with Crippen molar-refractivity contribution in [3.63, 3.8) is 0 Å². The van der Waals surface area contributed by atoms with Gasteiger partial charge in [-0.3, -0.25) is 0 Å². The van der Waals surface area contributed by atoms with Gasteiger partial charge in [-0.1, -0.05) is 179 Å². The Bertz CT molecular complexity index is 751. The SMILES string of the molecule is CCCCCCCCCCCCCc1cccc(CCCCCCCCCCCCC)c1Oc1ccccc1. The van der Waals surface area contributed by atoms with Gasteiger partial charge in [-0.15, -0.1) is 0 Å². The lowest BCUT2D eigenvalue weighted by molar-refractivity contribution is 0.465. The number of hydrogen-bond acceptors (Lipinski definition) is 1. The molecule has 0 unspecified atom stereocenters. The quantitative estimate of drug-likeness (QED) is 0.109. The fourth-order valence-electron chi connectivity index (χ4n) is 5.73. The molecule has 0 atom stereocenters. The van der Waals surface area contributed by atoms with Crippen molar-refractivity contribution in [2.45, 2.75) is 168 Å². The van der Waals surface area contributed by atoms with Crippen LogP contribution in [0.25, 0.3) is 0 Å². The number of benzene rings is 2. The monoisotopic (exact) mass is 534 g/mol. The number of ether oxygens (including phenoxy) is 1. The molecule has 1 nitrogen and oxygen atoms in total. The lowest BCUT2D eigenvalue weighted by atomic mass is 9.98. The summed E-state index contributed by atoms with van der Waals surface area (Å²) in [4.78, 5) is 0. The first-order valence-corrected chi connectivity index (χ1v) is 17.2. The number of para-hydroxylation sites is 2. The third-order valence-electron chi connectivity index (χ3n) is 8.24. The molecule has 0 bridgehead atoms. The van der Waals surface area contributed by atoms with E-state index in [9.17, 15) is 0 Å². The van der Waals surface area contributed by atoms with Gasteiger partial charge in [-0.05, 0) is 48.9 Å². The minimum Gasteiger partial charge on any atom is -0.457 e. The second kappa shape index (κ2) is 24.1. The van der Waals surface area contributed by atoms with Crippen LogP contribution < -0.4 is 4.74 Å². The Morgan fingerprint density at radius 3 is 1.13 bits per heavy atom. The Kier molecular flexibility index (Phi) is 20.6. The maximum absolute atomic E-state index is 6.54. The molecule has 0 aromatic heterocycles. The zero-order valence-corrected chi connectivity index (χ0v) is 26.0. The fraction of sp³-hybridized carbons (Fsp3) is 0.684. The average molecular weight is 535 g/mol. The fourth-order valence-corrected chi connectivity index (χ4v) is 5.73. The summed E-state index contributed by atoms with van der Waals surface area (Å²) in [7, 11) is 0. The van der Waals surface area contributed by atoms with E-state index in [2.05, 4.69) is 62.4 Å². The predicted molar refractivity (Wildman–Crippen MR) is 173 cm³/mol. The van der Waals surface area contributed by atoms with E-state index < -0.39 is 0 Å². The molecular formula is C38H62O. The van der Waals surface area contributed by atoms with Crippen molar-refractivity contribution in [3.8, 4) is 11.5 Å². The molecule has 2 aromatic carbocycles. The Morgan fingerprint density at radius 1 is 0.385 bits per heavy atom. The van der Waals surface area contributed by atoms with E-state index in [1.807, 2.05) is 0 Å². The van der Waals surface area contributed by atoms with E-state index >= 15 is 0 Å². The first-order valence-electron chi connectivity index (χ1n) is 17.2. The molecule has 0 saturated heterocycles. The van der Waals surface area contributed by atoms with Gasteiger partial charge in [0.25, 0.3) is 0 Å². The second-order valence-corrected chi connectivity index (χ2v) is 11.9. The van der Waals surface area contributed by atoms with Gasteiger partial charge >= 0.3 is 0 Å². The molecule has 0 saturated carbocycles. The topological polar surface area (TPSA) is 9.23 Å². The summed E-state index contributed by atoms with van der Waals surface area (Å²) >= 11 is 0. The molecule has 0 fully saturated rings. The van der Waals surface area contributed by atoms with Crippen LogP contribution in [0.15, 0.2) is 48.5 Å². The summed E-state index contributed by atoms with van der Waals surface area (Å²) in [6.45, 7) is 4.60. The van der Waals surface area contributed by atoms with E-state index in [0.717, 1.165) is 24.3 Å². The van der Waals surface area contributed by atoms with Crippen LogP contribution in [0.4, 0.5) is 0 Å². The van der Waals surface area contributed by atoms with Gasteiger partial charge in [0.15, 0.2) is 0 Å². The summed E-state index contributed by atoms with van der Waals surface area (Å²) in [6.07, 6.45) is 32.9. The zero-order chi connectivity index (χ0) is 27.6. The molecule has 0 aliphatic heterocycles. The minimum atomic E-state index is 0.962. The van der Waals surface area contributed by atoms with Crippen molar-refractivity contribution in [2.75, 3.05) is 0 Å². The van der Waals surface area contributed by atoms with Crippen molar-refractivity contribution >= 4 is 0 Å². The van der Waals surface area contributed by atoms with Gasteiger partial charge in [0.2, 0.25) is 0 Å². The number of rotatable bonds is 26. The first kappa shape index (κ1) is 33.4. The molecule has 0 amide bonds. The standard InChI is InChI=1S/C38H62O/c1-3-5-7-9-11-13-15-17-19-21-24-29-35-31-28-32-36(38(35)39-37-33-26-23-27-34-37)30-25-22-20-18-16-14-12-10-8-6-4-2/h23,26-28,31-34H,3-22,24-25,29-30H2,1-2H3. The Morgan fingerprint density at radius 2 is 0.744 bits per heavy atom. The molecule has 2 aromatic rings. The largest absolute Gasteiger partial charge is 0.457 e. The van der Waals surface area contributed by atoms with Crippen molar-refractivity contribution in [1.29, 1.82) is 0 Å². The molecule has 0 spiro atoms. The maximum atomic E-state index is 6.54. The van der Waals surface area contributed by atoms with Gasteiger partial charge in [-0.2, -0.15) is 0 Å². The Balaban J connectivity index is 1.72. The highest BCUT2D eigenvalue weighted by Crippen LogP contribution is 2.32. The van der Waals surface area contributed by atoms with Crippen LogP contribution in [0.2, 0.25) is 0 Å². The van der Waals surface area contributed by atoms with Gasteiger partial charge in [0, 0.05) is 0 Å². The molecule has 0 aliphatic carbocycles. The molecule has 0 heterocycles. The summed E-state index contributed by atoms with van der Waals surface area (Å²) in [5, 5.41) is 0. The van der Waals surface area contributed by atoms with Crippen molar-refractivity contribution in [1.82, 2.24) is 0 Å². The van der Waals surface area contributed by atoms with Gasteiger partial charge < -0.3 is 4.74 Å². The second-order valence-electron chi connectivity index (χ2n) is 11.9. The van der Waals surface area contributed by atoms with E-state index in [4.69, 9.17) is 4.74 Å². The van der Waals surface area contributed by atoms with Crippen LogP contribution in [0, 0.1) is 0 Å². The lowest BCUT2D eigenvalue weighted by Crippen LogP contribution is -1.98. The summed E-state index contributed by atoms with van der Waals surface area (Å²) in [6, 6.07) is 17.3. The molecule has 0 N–H and O–H groups in total. The smallest absolute Gasteiger partial charge is 0.133 e. The molecule has 1 heteroatoms. The molecular weight excluding hydrogens is 472 g/mol. The van der Waals surface area contributed by atoms with Gasteiger partial charge in [0.05, 0.1) is 0 Å². The third kappa shape index (κ3) is 16.8. The molecule has 0 aliphatic rings. The molecule has 220 valence electrons. The molecule has 2 rings (SSSR count). The van der Waals surface area contributed by atoms with Crippen LogP contribution in [0.3, 0.4) is 0 Å². The first-order chi connectivity index (χ1) is 19.3. The summed E-state index contributed by atoms with van der Waals surface area (Å²) in [5.74, 6) is 2.10. The van der Waals surface area contributed by atoms with E-state index in [0.29, 0.717) is 0 Å².